The second-order valence-electron chi connectivity index (χ2n) is 5.68. The van der Waals surface area contributed by atoms with Gasteiger partial charge in [0, 0.05) is 17.7 Å². The molecule has 0 aliphatic heterocycles. The molecule has 0 saturated carbocycles. The van der Waals surface area contributed by atoms with Gasteiger partial charge in [-0.3, -0.25) is 4.79 Å². The summed E-state index contributed by atoms with van der Waals surface area (Å²) in [5.74, 6) is 2.27. The van der Waals surface area contributed by atoms with E-state index < -0.39 is 0 Å². The van der Waals surface area contributed by atoms with Gasteiger partial charge in [0.1, 0.15) is 22.5 Å². The van der Waals surface area contributed by atoms with Gasteiger partial charge < -0.3 is 23.4 Å². The molecule has 0 bridgehead atoms. The number of ether oxygens (including phenoxy) is 4. The second kappa shape index (κ2) is 7.00. The van der Waals surface area contributed by atoms with Gasteiger partial charge >= 0.3 is 0 Å². The molecule has 26 heavy (non-hydrogen) atoms. The number of hydrogen-bond acceptors (Lipinski definition) is 6. The van der Waals surface area contributed by atoms with Gasteiger partial charge in [0.05, 0.1) is 28.4 Å². The highest BCUT2D eigenvalue weighted by molar-refractivity contribution is 5.90. The van der Waals surface area contributed by atoms with Gasteiger partial charge in [0.2, 0.25) is 5.75 Å². The molecule has 0 fully saturated rings. The Kier molecular flexibility index (Phi) is 4.75. The average molecular weight is 356 g/mol. The number of hydrogen-bond donors (Lipinski definition) is 0. The fourth-order valence-corrected chi connectivity index (χ4v) is 2.96. The van der Waals surface area contributed by atoms with E-state index in [9.17, 15) is 4.79 Å². The lowest BCUT2D eigenvalue weighted by Gasteiger charge is -2.14. The summed E-state index contributed by atoms with van der Waals surface area (Å²) >= 11 is 0. The Balaban J connectivity index is 2.28. The lowest BCUT2D eigenvalue weighted by molar-refractivity contribution is 0.326. The summed E-state index contributed by atoms with van der Waals surface area (Å²) in [7, 11) is 6.08. The maximum Gasteiger partial charge on any atom is 0.204 e. The molecule has 0 unspecified atom stereocenters. The highest BCUT2D eigenvalue weighted by Gasteiger charge is 2.20. The SMILES string of the molecule is COc1ccc(-c2cc(=O)c3c(OC)c(OC)c(OC)cc3o2)cc1C. The van der Waals surface area contributed by atoms with Crippen LogP contribution >= 0.6 is 0 Å². The van der Waals surface area contributed by atoms with E-state index in [0.717, 1.165) is 16.9 Å². The van der Waals surface area contributed by atoms with E-state index in [1.165, 1.54) is 27.4 Å². The van der Waals surface area contributed by atoms with Crippen molar-refractivity contribution in [2.45, 2.75) is 6.92 Å². The molecular formula is C20H20O6. The minimum absolute atomic E-state index is 0.229. The minimum Gasteiger partial charge on any atom is -0.496 e. The molecule has 6 nitrogen and oxygen atoms in total. The van der Waals surface area contributed by atoms with Crippen molar-refractivity contribution in [3.63, 3.8) is 0 Å². The Bertz CT molecular complexity index is 1020. The third-order valence-corrected chi connectivity index (χ3v) is 4.20. The summed E-state index contributed by atoms with van der Waals surface area (Å²) in [6.07, 6.45) is 0. The monoisotopic (exact) mass is 356 g/mol. The van der Waals surface area contributed by atoms with E-state index in [4.69, 9.17) is 23.4 Å². The van der Waals surface area contributed by atoms with Crippen LogP contribution in [0, 0.1) is 6.92 Å². The summed E-state index contributed by atoms with van der Waals surface area (Å²) in [6, 6.07) is 8.65. The van der Waals surface area contributed by atoms with Crippen LogP contribution in [-0.4, -0.2) is 28.4 Å². The van der Waals surface area contributed by atoms with Crippen molar-refractivity contribution in [2.75, 3.05) is 28.4 Å². The standard InChI is InChI=1S/C20H20O6/c1-11-8-12(6-7-14(11)22-2)15-9-13(21)18-16(26-15)10-17(23-3)19(24-4)20(18)25-5/h6-10H,1-5H3. The zero-order valence-corrected chi connectivity index (χ0v) is 15.3. The third kappa shape index (κ3) is 2.83. The Morgan fingerprint density at radius 1 is 0.808 bits per heavy atom. The van der Waals surface area contributed by atoms with Crippen LogP contribution in [0.3, 0.4) is 0 Å². The van der Waals surface area contributed by atoms with Crippen LogP contribution < -0.4 is 24.4 Å². The van der Waals surface area contributed by atoms with E-state index in [2.05, 4.69) is 0 Å². The molecule has 2 aromatic carbocycles. The smallest absolute Gasteiger partial charge is 0.204 e. The molecule has 0 saturated heterocycles. The quantitative estimate of drug-likeness (QED) is 0.693. The van der Waals surface area contributed by atoms with Crippen molar-refractivity contribution in [2.24, 2.45) is 0 Å². The Labute approximate surface area is 150 Å². The molecule has 0 radical (unpaired) electrons. The lowest BCUT2D eigenvalue weighted by atomic mass is 10.1. The van der Waals surface area contributed by atoms with Gasteiger partial charge in [-0.1, -0.05) is 0 Å². The third-order valence-electron chi connectivity index (χ3n) is 4.20. The number of rotatable bonds is 5. The van der Waals surface area contributed by atoms with Crippen LogP contribution in [0.2, 0.25) is 0 Å². The first-order valence-corrected chi connectivity index (χ1v) is 7.95. The van der Waals surface area contributed by atoms with Crippen LogP contribution in [0.25, 0.3) is 22.3 Å². The van der Waals surface area contributed by atoms with Gasteiger partial charge in [-0.2, -0.15) is 0 Å². The van der Waals surface area contributed by atoms with Crippen LogP contribution in [-0.2, 0) is 0 Å². The van der Waals surface area contributed by atoms with Gasteiger partial charge in [-0.05, 0) is 30.7 Å². The lowest BCUT2D eigenvalue weighted by Crippen LogP contribution is -2.05. The Morgan fingerprint density at radius 2 is 1.50 bits per heavy atom. The Morgan fingerprint density at radius 3 is 2.08 bits per heavy atom. The summed E-state index contributed by atoms with van der Waals surface area (Å²) in [5.41, 5.74) is 1.84. The fourth-order valence-electron chi connectivity index (χ4n) is 2.96. The molecule has 3 rings (SSSR count). The predicted octanol–water partition coefficient (Wildman–Crippen LogP) is 3.80. The van der Waals surface area contributed by atoms with Crippen LogP contribution in [0.4, 0.5) is 0 Å². The topological polar surface area (TPSA) is 67.1 Å². The zero-order valence-electron chi connectivity index (χ0n) is 15.3. The summed E-state index contributed by atoms with van der Waals surface area (Å²) in [5, 5.41) is 0.305. The fraction of sp³-hybridized carbons (Fsp3) is 0.250. The Hall–Kier alpha value is -3.15. The van der Waals surface area contributed by atoms with Crippen molar-refractivity contribution in [3.8, 4) is 34.3 Å². The van der Waals surface area contributed by atoms with E-state index in [-0.39, 0.29) is 11.2 Å². The molecular weight excluding hydrogens is 336 g/mol. The molecule has 0 aliphatic carbocycles. The van der Waals surface area contributed by atoms with Crippen LogP contribution in [0.5, 0.6) is 23.0 Å². The van der Waals surface area contributed by atoms with E-state index >= 15 is 0 Å². The normalized spacial score (nSPS) is 10.7. The first-order chi connectivity index (χ1) is 12.5. The molecule has 0 spiro atoms. The van der Waals surface area contributed by atoms with E-state index in [1.807, 2.05) is 25.1 Å². The van der Waals surface area contributed by atoms with Crippen molar-refractivity contribution in [1.29, 1.82) is 0 Å². The summed E-state index contributed by atoms with van der Waals surface area (Å²) in [4.78, 5) is 12.8. The van der Waals surface area contributed by atoms with Crippen molar-refractivity contribution in [3.05, 3.63) is 46.1 Å². The molecule has 0 N–H and O–H groups in total. The van der Waals surface area contributed by atoms with Crippen molar-refractivity contribution in [1.82, 2.24) is 0 Å². The maximum absolute atomic E-state index is 12.8. The molecule has 1 heterocycles. The van der Waals surface area contributed by atoms with Gasteiger partial charge in [0.25, 0.3) is 0 Å². The molecule has 0 amide bonds. The molecule has 0 aliphatic rings. The number of benzene rings is 2. The zero-order chi connectivity index (χ0) is 18.8. The van der Waals surface area contributed by atoms with Crippen molar-refractivity contribution < 1.29 is 23.4 Å². The van der Waals surface area contributed by atoms with Crippen LogP contribution in [0.1, 0.15) is 5.56 Å². The minimum atomic E-state index is -0.229. The number of aryl methyl sites for hydroxylation is 1. The largest absolute Gasteiger partial charge is 0.496 e. The second-order valence-corrected chi connectivity index (χ2v) is 5.68. The number of methoxy groups -OCH3 is 4. The molecule has 1 aromatic heterocycles. The van der Waals surface area contributed by atoms with Crippen molar-refractivity contribution >= 4 is 11.0 Å². The van der Waals surface area contributed by atoms with Gasteiger partial charge in [-0.15, -0.1) is 0 Å². The number of fused-ring (bicyclic) bond motifs is 1. The summed E-state index contributed by atoms with van der Waals surface area (Å²) < 4.78 is 27.3. The highest BCUT2D eigenvalue weighted by Crippen LogP contribution is 2.42. The molecule has 136 valence electrons. The highest BCUT2D eigenvalue weighted by atomic mass is 16.5. The van der Waals surface area contributed by atoms with E-state index in [0.29, 0.717) is 28.2 Å². The first kappa shape index (κ1) is 17.7. The predicted molar refractivity (Wildman–Crippen MR) is 98.9 cm³/mol. The van der Waals surface area contributed by atoms with Gasteiger partial charge in [-0.25, -0.2) is 0 Å². The first-order valence-electron chi connectivity index (χ1n) is 7.95. The van der Waals surface area contributed by atoms with Gasteiger partial charge in [0.15, 0.2) is 16.9 Å². The molecule has 6 heteroatoms. The van der Waals surface area contributed by atoms with E-state index in [1.54, 1.807) is 13.2 Å². The maximum atomic E-state index is 12.8. The average Bonchev–Trinajstić information content (AvgIpc) is 2.65. The summed E-state index contributed by atoms with van der Waals surface area (Å²) in [6.45, 7) is 1.93. The molecule has 3 aromatic rings. The molecule has 0 atom stereocenters. The van der Waals surface area contributed by atoms with Crippen LogP contribution in [0.15, 0.2) is 39.5 Å².